The highest BCUT2D eigenvalue weighted by atomic mass is 16.5. The summed E-state index contributed by atoms with van der Waals surface area (Å²) in [6.07, 6.45) is 5.32. The molecule has 0 saturated carbocycles. The van der Waals surface area contributed by atoms with Gasteiger partial charge in [-0.2, -0.15) is 0 Å². The Morgan fingerprint density at radius 1 is 1.21 bits per heavy atom. The van der Waals surface area contributed by atoms with Crippen molar-refractivity contribution >= 4 is 11.6 Å². The first-order valence-corrected chi connectivity index (χ1v) is 7.60. The van der Waals surface area contributed by atoms with E-state index in [2.05, 4.69) is 28.3 Å². The zero-order valence-corrected chi connectivity index (χ0v) is 13.6. The van der Waals surface area contributed by atoms with Crippen LogP contribution < -0.4 is 10.8 Å². The van der Waals surface area contributed by atoms with Crippen LogP contribution in [0.2, 0.25) is 0 Å². The molecule has 0 aromatic heterocycles. The lowest BCUT2D eigenvalue weighted by molar-refractivity contribution is 0.0706. The highest BCUT2D eigenvalue weighted by molar-refractivity contribution is 5.93. The normalized spacial score (nSPS) is 10.2. The van der Waals surface area contributed by atoms with Gasteiger partial charge < -0.3 is 5.32 Å². The molecule has 0 radical (unpaired) electrons. The van der Waals surface area contributed by atoms with Gasteiger partial charge in [0.1, 0.15) is 0 Å². The first kappa shape index (κ1) is 17.5. The van der Waals surface area contributed by atoms with Crippen molar-refractivity contribution in [3.8, 4) is 12.3 Å². The third kappa shape index (κ3) is 5.13. The summed E-state index contributed by atoms with van der Waals surface area (Å²) in [5.74, 6) is 2.12. The van der Waals surface area contributed by atoms with Crippen molar-refractivity contribution in [3.05, 3.63) is 65.2 Å². The van der Waals surface area contributed by atoms with Gasteiger partial charge in [-0.3, -0.25) is 14.9 Å². The molecule has 124 valence electrons. The average Bonchev–Trinajstić information content (AvgIpc) is 2.60. The van der Waals surface area contributed by atoms with Crippen LogP contribution in [0.15, 0.2) is 48.5 Å². The first-order chi connectivity index (χ1) is 11.6. The number of hydroxylamine groups is 1. The maximum Gasteiger partial charge on any atom is 0.274 e. The average molecular weight is 323 g/mol. The van der Waals surface area contributed by atoms with Crippen LogP contribution >= 0.6 is 0 Å². The minimum Gasteiger partial charge on any atom is -0.381 e. The first-order valence-electron chi connectivity index (χ1n) is 7.60. The molecule has 2 rings (SSSR count). The van der Waals surface area contributed by atoms with Crippen molar-refractivity contribution in [1.82, 2.24) is 10.4 Å². The van der Waals surface area contributed by atoms with Gasteiger partial charge >= 0.3 is 0 Å². The van der Waals surface area contributed by atoms with Gasteiger partial charge in [0, 0.05) is 24.3 Å². The van der Waals surface area contributed by atoms with E-state index in [1.54, 1.807) is 17.6 Å². The van der Waals surface area contributed by atoms with Crippen molar-refractivity contribution in [2.75, 3.05) is 18.9 Å². The van der Waals surface area contributed by atoms with Gasteiger partial charge in [0.15, 0.2) is 0 Å². The van der Waals surface area contributed by atoms with Crippen LogP contribution in [0.25, 0.3) is 0 Å². The summed E-state index contributed by atoms with van der Waals surface area (Å²) < 4.78 is 0. The van der Waals surface area contributed by atoms with Crippen LogP contribution in [0.4, 0.5) is 5.69 Å². The summed E-state index contributed by atoms with van der Waals surface area (Å²) in [6.45, 7) is 2.06. The molecule has 0 aliphatic rings. The molecule has 5 heteroatoms. The van der Waals surface area contributed by atoms with E-state index in [-0.39, 0.29) is 0 Å². The number of terminal acetylenes is 1. The standard InChI is InChI=1S/C19H21N3O2/c1-3-11-22(2)14-16-5-4-6-18(12-16)20-13-15-7-9-17(10-8-15)19(23)21-24/h1,4-10,12,20,24H,11,13-14H2,2H3,(H,21,23). The summed E-state index contributed by atoms with van der Waals surface area (Å²) in [7, 11) is 1.99. The summed E-state index contributed by atoms with van der Waals surface area (Å²) in [5, 5.41) is 12.0. The van der Waals surface area contributed by atoms with Gasteiger partial charge in [0.2, 0.25) is 0 Å². The van der Waals surface area contributed by atoms with E-state index in [4.69, 9.17) is 11.6 Å². The predicted octanol–water partition coefficient (Wildman–Crippen LogP) is 2.48. The molecule has 3 N–H and O–H groups in total. The smallest absolute Gasteiger partial charge is 0.274 e. The van der Waals surface area contributed by atoms with E-state index in [9.17, 15) is 4.79 Å². The second-order valence-corrected chi connectivity index (χ2v) is 5.57. The zero-order chi connectivity index (χ0) is 17.4. The van der Waals surface area contributed by atoms with Gasteiger partial charge in [-0.1, -0.05) is 30.2 Å². The van der Waals surface area contributed by atoms with Crippen molar-refractivity contribution in [1.29, 1.82) is 0 Å². The van der Waals surface area contributed by atoms with Crippen molar-refractivity contribution in [2.45, 2.75) is 13.1 Å². The topological polar surface area (TPSA) is 64.6 Å². The molecular formula is C19H21N3O2. The second-order valence-electron chi connectivity index (χ2n) is 5.57. The number of benzene rings is 2. The van der Waals surface area contributed by atoms with E-state index >= 15 is 0 Å². The number of hydrogen-bond donors (Lipinski definition) is 3. The fourth-order valence-electron chi connectivity index (χ4n) is 2.35. The Hall–Kier alpha value is -2.81. The minimum atomic E-state index is -0.515. The van der Waals surface area contributed by atoms with Crippen molar-refractivity contribution in [2.24, 2.45) is 0 Å². The van der Waals surface area contributed by atoms with E-state index < -0.39 is 5.91 Å². The van der Waals surface area contributed by atoms with Crippen LogP contribution in [0.3, 0.4) is 0 Å². The summed E-state index contributed by atoms with van der Waals surface area (Å²) in [5.41, 5.74) is 5.29. The maximum atomic E-state index is 11.3. The molecule has 2 aromatic carbocycles. The maximum absolute atomic E-state index is 11.3. The number of nitrogens with zero attached hydrogens (tertiary/aromatic N) is 1. The van der Waals surface area contributed by atoms with E-state index in [1.807, 2.05) is 31.3 Å². The molecule has 0 heterocycles. The summed E-state index contributed by atoms with van der Waals surface area (Å²) in [4.78, 5) is 13.4. The van der Waals surface area contributed by atoms with Gasteiger partial charge in [-0.05, 0) is 42.4 Å². The molecule has 0 fully saturated rings. The number of amides is 1. The summed E-state index contributed by atoms with van der Waals surface area (Å²) in [6, 6.07) is 15.2. The lowest BCUT2D eigenvalue weighted by Crippen LogP contribution is -2.18. The second kappa shape index (κ2) is 8.73. The molecule has 0 atom stereocenters. The number of carbonyl (C=O) groups excluding carboxylic acids is 1. The Morgan fingerprint density at radius 3 is 2.62 bits per heavy atom. The Kier molecular flexibility index (Phi) is 6.38. The fraction of sp³-hybridized carbons (Fsp3) is 0.211. The third-order valence-electron chi connectivity index (χ3n) is 3.55. The third-order valence-corrected chi connectivity index (χ3v) is 3.55. The molecule has 0 aliphatic heterocycles. The molecule has 5 nitrogen and oxygen atoms in total. The van der Waals surface area contributed by atoms with Crippen LogP contribution in [-0.2, 0) is 13.1 Å². The largest absolute Gasteiger partial charge is 0.381 e. The molecule has 0 bridgehead atoms. The molecule has 24 heavy (non-hydrogen) atoms. The number of hydrogen-bond acceptors (Lipinski definition) is 4. The molecule has 2 aromatic rings. The highest BCUT2D eigenvalue weighted by Gasteiger charge is 2.04. The molecule has 0 aliphatic carbocycles. The SMILES string of the molecule is C#CCN(C)Cc1cccc(NCc2ccc(C(=O)NO)cc2)c1. The predicted molar refractivity (Wildman–Crippen MR) is 94.6 cm³/mol. The van der Waals surface area contributed by atoms with Crippen LogP contribution in [0.1, 0.15) is 21.5 Å². The van der Waals surface area contributed by atoms with Gasteiger partial charge in [0.25, 0.3) is 5.91 Å². The Balaban J connectivity index is 1.94. The van der Waals surface area contributed by atoms with Crippen LogP contribution in [0, 0.1) is 12.3 Å². The van der Waals surface area contributed by atoms with Gasteiger partial charge in [-0.15, -0.1) is 6.42 Å². The van der Waals surface area contributed by atoms with E-state index in [0.29, 0.717) is 18.7 Å². The zero-order valence-electron chi connectivity index (χ0n) is 13.6. The van der Waals surface area contributed by atoms with Crippen LogP contribution in [-0.4, -0.2) is 29.6 Å². The number of carbonyl (C=O) groups is 1. The Labute approximate surface area is 142 Å². The van der Waals surface area contributed by atoms with Crippen molar-refractivity contribution < 1.29 is 10.0 Å². The lowest BCUT2D eigenvalue weighted by Gasteiger charge is -2.14. The molecular weight excluding hydrogens is 302 g/mol. The number of rotatable bonds is 7. The number of nitrogens with one attached hydrogen (secondary N) is 2. The van der Waals surface area contributed by atoms with Gasteiger partial charge in [0.05, 0.1) is 6.54 Å². The monoisotopic (exact) mass is 323 g/mol. The van der Waals surface area contributed by atoms with E-state index in [1.165, 1.54) is 5.56 Å². The molecule has 0 unspecified atom stereocenters. The van der Waals surface area contributed by atoms with E-state index in [0.717, 1.165) is 17.8 Å². The quantitative estimate of drug-likeness (QED) is 0.416. The molecule has 0 spiro atoms. The lowest BCUT2D eigenvalue weighted by atomic mass is 10.1. The summed E-state index contributed by atoms with van der Waals surface area (Å²) >= 11 is 0. The van der Waals surface area contributed by atoms with Gasteiger partial charge in [-0.25, -0.2) is 5.48 Å². The Bertz CT molecular complexity index is 720. The fourth-order valence-corrected chi connectivity index (χ4v) is 2.35. The minimum absolute atomic E-state index is 0.416. The molecule has 1 amide bonds. The highest BCUT2D eigenvalue weighted by Crippen LogP contribution is 2.14. The molecule has 0 saturated heterocycles. The van der Waals surface area contributed by atoms with Crippen molar-refractivity contribution in [3.63, 3.8) is 0 Å². The number of anilines is 1. The van der Waals surface area contributed by atoms with Crippen LogP contribution in [0.5, 0.6) is 0 Å². The Morgan fingerprint density at radius 2 is 1.96 bits per heavy atom.